The van der Waals surface area contributed by atoms with Gasteiger partial charge in [-0.2, -0.15) is 0 Å². The van der Waals surface area contributed by atoms with Crippen molar-refractivity contribution < 1.29 is 9.13 Å². The third kappa shape index (κ3) is 1.50. The summed E-state index contributed by atoms with van der Waals surface area (Å²) in [5.74, 6) is 2.02. The quantitative estimate of drug-likeness (QED) is 0.649. The number of halogens is 1. The van der Waals surface area contributed by atoms with E-state index in [4.69, 9.17) is 4.74 Å². The first-order valence-electron chi connectivity index (χ1n) is 4.52. The van der Waals surface area contributed by atoms with Crippen LogP contribution in [0.4, 0.5) is 15.9 Å². The van der Waals surface area contributed by atoms with Gasteiger partial charge in [-0.25, -0.2) is 9.37 Å². The maximum atomic E-state index is 12.6. The Morgan fingerprint density at radius 2 is 1.93 bits per heavy atom. The Morgan fingerprint density at radius 3 is 2.73 bits per heavy atom. The van der Waals surface area contributed by atoms with Crippen molar-refractivity contribution in [1.82, 2.24) is 4.98 Å². The van der Waals surface area contributed by atoms with E-state index < -0.39 is 0 Å². The van der Waals surface area contributed by atoms with Gasteiger partial charge < -0.3 is 10.1 Å². The summed E-state index contributed by atoms with van der Waals surface area (Å²) < 4.78 is 17.8. The Hall–Kier alpha value is -2.10. The number of hydrogen-bond donors (Lipinski definition) is 1. The van der Waals surface area contributed by atoms with E-state index in [-0.39, 0.29) is 5.82 Å². The molecule has 2 aromatic rings. The molecule has 4 heteroatoms. The van der Waals surface area contributed by atoms with Gasteiger partial charge in [-0.05, 0) is 24.3 Å². The number of rotatable bonds is 2. The lowest BCUT2D eigenvalue weighted by Crippen LogP contribution is -1.90. The van der Waals surface area contributed by atoms with Crippen molar-refractivity contribution in [3.05, 3.63) is 42.3 Å². The van der Waals surface area contributed by atoms with Crippen molar-refractivity contribution in [3.8, 4) is 11.5 Å². The first-order chi connectivity index (χ1) is 7.33. The van der Waals surface area contributed by atoms with Crippen LogP contribution in [0.1, 0.15) is 0 Å². The molecule has 0 spiro atoms. The van der Waals surface area contributed by atoms with Gasteiger partial charge in [0.25, 0.3) is 0 Å². The highest BCUT2D eigenvalue weighted by Crippen LogP contribution is 2.50. The molecule has 1 aliphatic heterocycles. The van der Waals surface area contributed by atoms with E-state index in [1.54, 1.807) is 24.4 Å². The minimum Gasteiger partial charge on any atom is -0.445 e. The summed E-state index contributed by atoms with van der Waals surface area (Å²) in [7, 11) is 0. The van der Waals surface area contributed by atoms with Crippen molar-refractivity contribution in [2.45, 2.75) is 0 Å². The van der Waals surface area contributed by atoms with Crippen LogP contribution in [-0.2, 0) is 0 Å². The van der Waals surface area contributed by atoms with Crippen LogP contribution >= 0.6 is 0 Å². The fourth-order valence-electron chi connectivity index (χ4n) is 1.36. The molecule has 0 radical (unpaired) electrons. The number of benzene rings is 1. The molecule has 3 nitrogen and oxygen atoms in total. The van der Waals surface area contributed by atoms with Gasteiger partial charge in [0.05, 0.1) is 0 Å². The molecular weight excluding hydrogens is 195 g/mol. The lowest BCUT2D eigenvalue weighted by Gasteiger charge is -2.02. The van der Waals surface area contributed by atoms with Crippen molar-refractivity contribution in [1.29, 1.82) is 0 Å². The number of aromatic nitrogens is 1. The van der Waals surface area contributed by atoms with Crippen LogP contribution in [0.3, 0.4) is 0 Å². The summed E-state index contributed by atoms with van der Waals surface area (Å²) in [5.41, 5.74) is 0.785. The Labute approximate surface area is 85.5 Å². The number of anilines is 2. The summed E-state index contributed by atoms with van der Waals surface area (Å²) in [5, 5.41) is 3.05. The largest absolute Gasteiger partial charge is 0.445 e. The van der Waals surface area contributed by atoms with Crippen LogP contribution < -0.4 is 10.1 Å². The van der Waals surface area contributed by atoms with Crippen LogP contribution in [0.2, 0.25) is 0 Å². The van der Waals surface area contributed by atoms with Crippen LogP contribution in [0.5, 0.6) is 11.5 Å². The summed E-state index contributed by atoms with van der Waals surface area (Å²) in [6.07, 6.45) is 1.66. The van der Waals surface area contributed by atoms with Gasteiger partial charge in [-0.1, -0.05) is 0 Å². The minimum atomic E-state index is -0.256. The average Bonchev–Trinajstić information content (AvgIpc) is 3.01. The molecular formula is C11H7FN2O. The predicted molar refractivity (Wildman–Crippen MR) is 54.0 cm³/mol. The number of fused-ring (bicyclic) bond motifs is 1. The van der Waals surface area contributed by atoms with E-state index in [9.17, 15) is 4.39 Å². The van der Waals surface area contributed by atoms with E-state index in [1.165, 1.54) is 12.1 Å². The van der Waals surface area contributed by atoms with Gasteiger partial charge >= 0.3 is 0 Å². The number of nitrogens with one attached hydrogen (secondary N) is 1. The molecule has 2 heterocycles. The van der Waals surface area contributed by atoms with E-state index in [0.717, 1.165) is 17.2 Å². The van der Waals surface area contributed by atoms with E-state index in [0.29, 0.717) is 5.82 Å². The first kappa shape index (κ1) is 8.23. The highest BCUT2D eigenvalue weighted by molar-refractivity contribution is 5.72. The second-order valence-electron chi connectivity index (χ2n) is 3.22. The highest BCUT2D eigenvalue weighted by atomic mass is 19.1. The molecule has 1 aromatic heterocycles. The van der Waals surface area contributed by atoms with E-state index in [2.05, 4.69) is 10.3 Å². The standard InChI is InChI=1S/C11H7FN2O/c12-7-1-3-8(4-2-7)14-11-10-9(15-10)5-6-13-11/h1-6H,(H,13,14). The highest BCUT2D eigenvalue weighted by Gasteiger charge is 2.25. The topological polar surface area (TPSA) is 37.5 Å². The normalized spacial score (nSPS) is 11.5. The van der Waals surface area contributed by atoms with E-state index in [1.807, 2.05) is 0 Å². The minimum absolute atomic E-state index is 0.256. The van der Waals surface area contributed by atoms with Crippen molar-refractivity contribution in [3.63, 3.8) is 0 Å². The molecule has 0 saturated heterocycles. The molecule has 0 unspecified atom stereocenters. The average molecular weight is 202 g/mol. The zero-order valence-electron chi connectivity index (χ0n) is 7.70. The SMILES string of the molecule is Fc1ccc(Nc2nccc3c2O3)cc1. The van der Waals surface area contributed by atoms with Crippen molar-refractivity contribution in [2.75, 3.05) is 5.32 Å². The summed E-state index contributed by atoms with van der Waals surface area (Å²) >= 11 is 0. The summed E-state index contributed by atoms with van der Waals surface area (Å²) in [6, 6.07) is 7.89. The lowest BCUT2D eigenvalue weighted by atomic mass is 10.3. The van der Waals surface area contributed by atoms with Gasteiger partial charge in [0.1, 0.15) is 5.82 Å². The summed E-state index contributed by atoms with van der Waals surface area (Å²) in [6.45, 7) is 0. The zero-order valence-corrected chi connectivity index (χ0v) is 7.70. The molecule has 74 valence electrons. The molecule has 0 atom stereocenters. The second kappa shape index (κ2) is 2.95. The number of nitrogens with zero attached hydrogens (tertiary/aromatic N) is 1. The Morgan fingerprint density at radius 1 is 1.13 bits per heavy atom. The third-order valence-electron chi connectivity index (χ3n) is 2.15. The third-order valence-corrected chi connectivity index (χ3v) is 2.15. The van der Waals surface area contributed by atoms with Crippen molar-refractivity contribution >= 4 is 11.5 Å². The fourth-order valence-corrected chi connectivity index (χ4v) is 1.36. The predicted octanol–water partition coefficient (Wildman–Crippen LogP) is 3.07. The maximum absolute atomic E-state index is 12.6. The molecule has 0 fully saturated rings. The first-order valence-corrected chi connectivity index (χ1v) is 4.52. The number of ether oxygens (including phenoxy) is 1. The maximum Gasteiger partial charge on any atom is 0.212 e. The molecule has 1 aromatic carbocycles. The van der Waals surface area contributed by atoms with Crippen molar-refractivity contribution in [2.24, 2.45) is 0 Å². The van der Waals surface area contributed by atoms with Gasteiger partial charge in [-0.3, -0.25) is 0 Å². The number of hydrogen-bond acceptors (Lipinski definition) is 3. The lowest BCUT2D eigenvalue weighted by molar-refractivity contribution is 0.628. The molecule has 1 aliphatic rings. The Kier molecular flexibility index (Phi) is 1.62. The fraction of sp³-hybridized carbons (Fsp3) is 0. The molecule has 15 heavy (non-hydrogen) atoms. The Bertz CT molecular complexity index is 510. The van der Waals surface area contributed by atoms with Gasteiger partial charge in [0, 0.05) is 18.0 Å². The second-order valence-corrected chi connectivity index (χ2v) is 3.22. The van der Waals surface area contributed by atoms with Gasteiger partial charge in [-0.15, -0.1) is 0 Å². The Balaban J connectivity index is 1.87. The molecule has 0 saturated carbocycles. The van der Waals surface area contributed by atoms with Gasteiger partial charge in [0.2, 0.25) is 5.75 Å². The molecule has 0 bridgehead atoms. The molecule has 0 amide bonds. The number of pyridine rings is 1. The van der Waals surface area contributed by atoms with Crippen LogP contribution in [0.15, 0.2) is 36.5 Å². The van der Waals surface area contributed by atoms with Crippen LogP contribution in [0, 0.1) is 5.82 Å². The molecule has 1 N–H and O–H groups in total. The van der Waals surface area contributed by atoms with E-state index >= 15 is 0 Å². The van der Waals surface area contributed by atoms with Crippen LogP contribution in [0.25, 0.3) is 0 Å². The van der Waals surface area contributed by atoms with Crippen LogP contribution in [-0.4, -0.2) is 4.98 Å². The zero-order chi connectivity index (χ0) is 10.3. The molecule has 0 aliphatic carbocycles. The molecule has 3 rings (SSSR count). The summed E-state index contributed by atoms with van der Waals surface area (Å²) in [4.78, 5) is 4.12. The monoisotopic (exact) mass is 202 g/mol. The smallest absolute Gasteiger partial charge is 0.212 e. The van der Waals surface area contributed by atoms with Gasteiger partial charge in [0.15, 0.2) is 11.6 Å².